The first-order valence-electron chi connectivity index (χ1n) is 9.16. The van der Waals surface area contributed by atoms with Gasteiger partial charge in [-0.05, 0) is 49.7 Å². The summed E-state index contributed by atoms with van der Waals surface area (Å²) >= 11 is 0. The van der Waals surface area contributed by atoms with Crippen LogP contribution in [0.5, 0.6) is 0 Å². The fraction of sp³-hybridized carbons (Fsp3) is 0.300. The van der Waals surface area contributed by atoms with Crippen molar-refractivity contribution in [3.8, 4) is 6.07 Å². The van der Waals surface area contributed by atoms with Gasteiger partial charge in [0.05, 0.1) is 23.8 Å². The first kappa shape index (κ1) is 19.3. The van der Waals surface area contributed by atoms with E-state index >= 15 is 0 Å². The highest BCUT2D eigenvalue weighted by Crippen LogP contribution is 2.21. The molecular formula is C20H24N8. The van der Waals surface area contributed by atoms with Gasteiger partial charge >= 0.3 is 0 Å². The normalized spacial score (nSPS) is 16.3. The van der Waals surface area contributed by atoms with Gasteiger partial charge in [0, 0.05) is 24.2 Å². The molecule has 28 heavy (non-hydrogen) atoms. The third kappa shape index (κ3) is 4.64. The molecule has 0 spiro atoms. The van der Waals surface area contributed by atoms with E-state index in [1.165, 1.54) is 6.34 Å². The van der Waals surface area contributed by atoms with Crippen molar-refractivity contribution in [1.29, 1.82) is 10.7 Å². The number of nitrogens with two attached hydrogens (primary N) is 2. The lowest BCUT2D eigenvalue weighted by Crippen LogP contribution is -2.33. The molecule has 1 saturated heterocycles. The molecule has 1 aromatic carbocycles. The molecule has 8 nitrogen and oxygen atoms in total. The number of hydrogen-bond acceptors (Lipinski definition) is 4. The lowest BCUT2D eigenvalue weighted by molar-refractivity contribution is 0.198. The van der Waals surface area contributed by atoms with E-state index in [-0.39, 0.29) is 11.8 Å². The molecule has 0 unspecified atom stereocenters. The van der Waals surface area contributed by atoms with Gasteiger partial charge < -0.3 is 16.5 Å². The molecule has 0 aliphatic carbocycles. The molecular weight excluding hydrogens is 352 g/mol. The monoisotopic (exact) mass is 376 g/mol. The number of aromatic nitrogens is 1. The number of aliphatic imine (C=N–C) groups is 2. The number of nitrogens with zero attached hydrogens (tertiary/aromatic N) is 4. The van der Waals surface area contributed by atoms with Gasteiger partial charge in [-0.25, -0.2) is 9.98 Å². The Kier molecular flexibility index (Phi) is 6.19. The van der Waals surface area contributed by atoms with Gasteiger partial charge in [-0.2, -0.15) is 5.26 Å². The van der Waals surface area contributed by atoms with Gasteiger partial charge in [0.15, 0.2) is 5.84 Å². The molecule has 0 bridgehead atoms. The van der Waals surface area contributed by atoms with Crippen LogP contribution in [0.1, 0.15) is 29.7 Å². The van der Waals surface area contributed by atoms with Gasteiger partial charge in [-0.3, -0.25) is 10.3 Å². The largest absolute Gasteiger partial charge is 0.390 e. The molecule has 144 valence electrons. The Bertz CT molecular complexity index is 926. The highest BCUT2D eigenvalue weighted by molar-refractivity contribution is 6.04. The van der Waals surface area contributed by atoms with E-state index in [1.807, 2.05) is 18.3 Å². The van der Waals surface area contributed by atoms with Crippen molar-refractivity contribution in [2.45, 2.75) is 19.4 Å². The summed E-state index contributed by atoms with van der Waals surface area (Å²) in [6, 6.07) is 11.5. The smallest absolute Gasteiger partial charge is 0.178 e. The number of hydrogen-bond donors (Lipinski definition) is 4. The van der Waals surface area contributed by atoms with Crippen molar-refractivity contribution in [2.24, 2.45) is 27.4 Å². The molecule has 1 aliphatic heterocycles. The van der Waals surface area contributed by atoms with E-state index in [0.717, 1.165) is 43.7 Å². The minimum absolute atomic E-state index is 0.0118. The number of H-pyrrole nitrogens is 1. The summed E-state index contributed by atoms with van der Waals surface area (Å²) in [6.45, 7) is 2.55. The summed E-state index contributed by atoms with van der Waals surface area (Å²) in [6.07, 6.45) is 4.88. The summed E-state index contributed by atoms with van der Waals surface area (Å²) in [5.74, 6) is 0.617. The van der Waals surface area contributed by atoms with Gasteiger partial charge in [0.1, 0.15) is 5.84 Å². The number of aromatic amines is 1. The van der Waals surface area contributed by atoms with Crippen LogP contribution < -0.4 is 11.5 Å². The maximum Gasteiger partial charge on any atom is 0.178 e. The molecule has 0 atom stereocenters. The quantitative estimate of drug-likeness (QED) is 0.468. The molecule has 1 aromatic heterocycles. The number of benzene rings is 1. The first-order valence-corrected chi connectivity index (χ1v) is 9.16. The fourth-order valence-corrected chi connectivity index (χ4v) is 3.29. The van der Waals surface area contributed by atoms with Crippen molar-refractivity contribution < 1.29 is 0 Å². The third-order valence-corrected chi connectivity index (χ3v) is 4.81. The zero-order chi connectivity index (χ0) is 19.9. The van der Waals surface area contributed by atoms with Crippen molar-refractivity contribution in [1.82, 2.24) is 9.88 Å². The van der Waals surface area contributed by atoms with Crippen molar-refractivity contribution in [3.05, 3.63) is 53.3 Å². The number of amidine groups is 2. The van der Waals surface area contributed by atoms with Gasteiger partial charge in [0.2, 0.25) is 0 Å². The van der Waals surface area contributed by atoms with E-state index in [1.54, 1.807) is 18.2 Å². The molecule has 6 N–H and O–H groups in total. The summed E-state index contributed by atoms with van der Waals surface area (Å²) in [5, 5.41) is 16.7. The number of piperidine rings is 1. The maximum atomic E-state index is 9.07. The zero-order valence-electron chi connectivity index (χ0n) is 15.6. The van der Waals surface area contributed by atoms with Gasteiger partial charge in [-0.1, -0.05) is 12.1 Å². The second-order valence-corrected chi connectivity index (χ2v) is 6.74. The molecule has 0 amide bonds. The standard InChI is InChI=1S/C20H24N8/c21-11-14-5-8-28(9-6-14)12-16-4-7-25-18(16)20(26-13-22)27-17-3-1-2-15(10-17)19(23)24/h1-4,7,10,13-14,25H,5-6,8-9,12H2,(H3,23,24)(H2,22,26,27). The van der Waals surface area contributed by atoms with Crippen LogP contribution in [0.3, 0.4) is 0 Å². The summed E-state index contributed by atoms with van der Waals surface area (Å²) < 4.78 is 0. The average Bonchev–Trinajstić information content (AvgIpc) is 3.16. The van der Waals surface area contributed by atoms with Crippen LogP contribution in [0.2, 0.25) is 0 Å². The fourth-order valence-electron chi connectivity index (χ4n) is 3.29. The minimum atomic E-state index is -0.0118. The summed E-state index contributed by atoms with van der Waals surface area (Å²) in [5.41, 5.74) is 14.2. The number of nitrogens with one attached hydrogen (secondary N) is 2. The minimum Gasteiger partial charge on any atom is -0.390 e. The zero-order valence-corrected chi connectivity index (χ0v) is 15.6. The van der Waals surface area contributed by atoms with Crippen LogP contribution in [-0.2, 0) is 6.54 Å². The molecule has 0 radical (unpaired) electrons. The van der Waals surface area contributed by atoms with Crippen LogP contribution in [0.15, 0.2) is 46.5 Å². The molecule has 2 aromatic rings. The Hall–Kier alpha value is -3.44. The van der Waals surface area contributed by atoms with Crippen LogP contribution in [0.25, 0.3) is 0 Å². The molecule has 2 heterocycles. The lowest BCUT2D eigenvalue weighted by atomic mass is 9.98. The second kappa shape index (κ2) is 8.97. The predicted molar refractivity (Wildman–Crippen MR) is 111 cm³/mol. The Labute approximate surface area is 164 Å². The van der Waals surface area contributed by atoms with E-state index in [9.17, 15) is 0 Å². The Balaban J connectivity index is 1.84. The first-order chi connectivity index (χ1) is 13.6. The summed E-state index contributed by atoms with van der Waals surface area (Å²) in [4.78, 5) is 14.4. The van der Waals surface area contributed by atoms with Crippen LogP contribution in [0, 0.1) is 22.7 Å². The SMILES string of the molecule is N#CC1CCN(Cc2cc[nH]c2C(N=CN)=Nc2cccc(C(=N)N)c2)CC1. The summed E-state index contributed by atoms with van der Waals surface area (Å²) in [7, 11) is 0. The highest BCUT2D eigenvalue weighted by Gasteiger charge is 2.20. The topological polar surface area (TPSA) is 143 Å². The number of nitrogen functional groups attached to an aromatic ring is 1. The van der Waals surface area contributed by atoms with E-state index in [2.05, 4.69) is 25.9 Å². The van der Waals surface area contributed by atoms with Crippen LogP contribution >= 0.6 is 0 Å². The van der Waals surface area contributed by atoms with Crippen molar-refractivity contribution >= 4 is 23.7 Å². The molecule has 1 aliphatic rings. The van der Waals surface area contributed by atoms with Gasteiger partial charge in [-0.15, -0.1) is 0 Å². The number of nitriles is 1. The molecule has 8 heteroatoms. The second-order valence-electron chi connectivity index (χ2n) is 6.74. The highest BCUT2D eigenvalue weighted by atomic mass is 15.1. The lowest BCUT2D eigenvalue weighted by Gasteiger charge is -2.28. The Morgan fingerprint density at radius 2 is 2.14 bits per heavy atom. The third-order valence-electron chi connectivity index (χ3n) is 4.81. The number of rotatable bonds is 5. The van der Waals surface area contributed by atoms with E-state index in [4.69, 9.17) is 22.1 Å². The van der Waals surface area contributed by atoms with E-state index < -0.39 is 0 Å². The van der Waals surface area contributed by atoms with Crippen molar-refractivity contribution in [2.75, 3.05) is 13.1 Å². The van der Waals surface area contributed by atoms with Gasteiger partial charge in [0.25, 0.3) is 0 Å². The van der Waals surface area contributed by atoms with Crippen molar-refractivity contribution in [3.63, 3.8) is 0 Å². The molecule has 3 rings (SSSR count). The Morgan fingerprint density at radius 3 is 2.82 bits per heavy atom. The number of likely N-dealkylation sites (tertiary alicyclic amines) is 1. The maximum absolute atomic E-state index is 9.07. The average molecular weight is 376 g/mol. The predicted octanol–water partition coefficient (Wildman–Crippen LogP) is 2.10. The van der Waals surface area contributed by atoms with E-state index in [0.29, 0.717) is 17.1 Å². The molecule has 0 saturated carbocycles. The van der Waals surface area contributed by atoms with Crippen LogP contribution in [0.4, 0.5) is 5.69 Å². The van der Waals surface area contributed by atoms with Crippen LogP contribution in [-0.4, -0.2) is 41.0 Å². The Morgan fingerprint density at radius 1 is 1.36 bits per heavy atom. The molecule has 1 fully saturated rings.